The van der Waals surface area contributed by atoms with Crippen molar-refractivity contribution in [1.29, 1.82) is 5.26 Å². The second-order valence-electron chi connectivity index (χ2n) is 8.76. The number of ketones is 1. The van der Waals surface area contributed by atoms with Crippen molar-refractivity contribution in [3.8, 4) is 23.3 Å². The predicted molar refractivity (Wildman–Crippen MR) is 145 cm³/mol. The summed E-state index contributed by atoms with van der Waals surface area (Å²) in [4.78, 5) is 39.0. The Hall–Kier alpha value is -4.36. The van der Waals surface area contributed by atoms with Crippen LogP contribution in [0.2, 0.25) is 0 Å². The molecule has 2 aromatic heterocycles. The lowest BCUT2D eigenvalue weighted by atomic mass is 10.0. The number of hydrogen-bond donors (Lipinski definition) is 0. The third-order valence-corrected chi connectivity index (χ3v) is 7.56. The SMILES string of the molecule is CCOC(=O)c1sc(CC(=O)/C(C#N)=C\c2cc(C)n(-c3ccc4c(c3)OCO4)c2C)c(C(=O)OCC)c1C. The van der Waals surface area contributed by atoms with Crippen LogP contribution >= 0.6 is 11.3 Å². The zero-order chi connectivity index (χ0) is 28.3. The lowest BCUT2D eigenvalue weighted by Gasteiger charge is -2.10. The average Bonchev–Trinajstić information content (AvgIpc) is 3.57. The van der Waals surface area contributed by atoms with Crippen LogP contribution in [-0.4, -0.2) is 42.3 Å². The Morgan fingerprint density at radius 3 is 2.44 bits per heavy atom. The van der Waals surface area contributed by atoms with Crippen molar-refractivity contribution in [3.05, 3.63) is 67.7 Å². The molecule has 10 heteroatoms. The Bertz CT molecular complexity index is 1540. The van der Waals surface area contributed by atoms with E-state index in [4.69, 9.17) is 18.9 Å². The van der Waals surface area contributed by atoms with E-state index in [0.717, 1.165) is 28.4 Å². The molecule has 39 heavy (non-hydrogen) atoms. The van der Waals surface area contributed by atoms with Gasteiger partial charge in [0.1, 0.15) is 10.9 Å². The van der Waals surface area contributed by atoms with Crippen molar-refractivity contribution in [2.45, 2.75) is 41.0 Å². The first-order chi connectivity index (χ1) is 18.7. The zero-order valence-electron chi connectivity index (χ0n) is 22.4. The Morgan fingerprint density at radius 2 is 1.74 bits per heavy atom. The van der Waals surface area contributed by atoms with E-state index >= 15 is 0 Å². The highest BCUT2D eigenvalue weighted by molar-refractivity contribution is 7.14. The molecule has 0 amide bonds. The number of benzene rings is 1. The molecule has 1 aliphatic heterocycles. The van der Waals surface area contributed by atoms with Gasteiger partial charge >= 0.3 is 11.9 Å². The van der Waals surface area contributed by atoms with Crippen molar-refractivity contribution >= 4 is 35.1 Å². The molecule has 0 N–H and O–H groups in total. The number of Topliss-reactive ketones (excluding diaryl/α,β-unsaturated/α-hetero) is 1. The summed E-state index contributed by atoms with van der Waals surface area (Å²) in [6.07, 6.45) is 1.31. The van der Waals surface area contributed by atoms with Gasteiger partial charge in [-0.1, -0.05) is 0 Å². The highest BCUT2D eigenvalue weighted by Crippen LogP contribution is 2.35. The van der Waals surface area contributed by atoms with Crippen molar-refractivity contribution in [1.82, 2.24) is 4.57 Å². The first kappa shape index (κ1) is 27.7. The second kappa shape index (κ2) is 11.6. The summed E-state index contributed by atoms with van der Waals surface area (Å²) in [6.45, 7) is 9.29. The van der Waals surface area contributed by atoms with Crippen molar-refractivity contribution in [2.24, 2.45) is 0 Å². The molecule has 0 unspecified atom stereocenters. The van der Waals surface area contributed by atoms with E-state index in [1.165, 1.54) is 0 Å². The van der Waals surface area contributed by atoms with E-state index in [0.29, 0.717) is 27.5 Å². The number of fused-ring (bicyclic) bond motifs is 1. The quantitative estimate of drug-likeness (QED) is 0.202. The fourth-order valence-electron chi connectivity index (χ4n) is 4.49. The van der Waals surface area contributed by atoms with Crippen LogP contribution in [0.3, 0.4) is 0 Å². The summed E-state index contributed by atoms with van der Waals surface area (Å²) in [5.41, 5.74) is 3.79. The minimum atomic E-state index is -0.626. The van der Waals surface area contributed by atoms with Gasteiger partial charge in [0.05, 0.1) is 24.4 Å². The van der Waals surface area contributed by atoms with Gasteiger partial charge in [-0.25, -0.2) is 9.59 Å². The topological polar surface area (TPSA) is 117 Å². The summed E-state index contributed by atoms with van der Waals surface area (Å²) in [5, 5.41) is 9.87. The van der Waals surface area contributed by atoms with Crippen LogP contribution < -0.4 is 9.47 Å². The van der Waals surface area contributed by atoms with Gasteiger partial charge in [0.15, 0.2) is 17.3 Å². The summed E-state index contributed by atoms with van der Waals surface area (Å²) >= 11 is 1.01. The van der Waals surface area contributed by atoms with E-state index < -0.39 is 17.7 Å². The zero-order valence-corrected chi connectivity index (χ0v) is 23.2. The molecule has 1 aromatic carbocycles. The van der Waals surface area contributed by atoms with Crippen LogP contribution in [0.15, 0.2) is 29.8 Å². The van der Waals surface area contributed by atoms with Gasteiger partial charge in [-0.05, 0) is 70.0 Å². The minimum Gasteiger partial charge on any atom is -0.462 e. The summed E-state index contributed by atoms with van der Waals surface area (Å²) in [6, 6.07) is 9.52. The highest BCUT2D eigenvalue weighted by Gasteiger charge is 2.28. The Labute approximate surface area is 230 Å². The molecule has 202 valence electrons. The summed E-state index contributed by atoms with van der Waals surface area (Å²) in [7, 11) is 0. The number of aryl methyl sites for hydroxylation is 1. The number of esters is 2. The van der Waals surface area contributed by atoms with Crippen LogP contribution in [0.5, 0.6) is 11.5 Å². The van der Waals surface area contributed by atoms with Crippen LogP contribution in [0.1, 0.15) is 61.3 Å². The number of carbonyl (C=O) groups is 3. The number of carbonyl (C=O) groups excluding carboxylic acids is 3. The van der Waals surface area contributed by atoms with Gasteiger partial charge in [-0.3, -0.25) is 4.79 Å². The van der Waals surface area contributed by atoms with Gasteiger partial charge in [0, 0.05) is 34.4 Å². The number of aromatic nitrogens is 1. The maximum absolute atomic E-state index is 13.3. The molecule has 0 spiro atoms. The first-order valence-corrected chi connectivity index (χ1v) is 13.2. The van der Waals surface area contributed by atoms with Crippen LogP contribution in [0.4, 0.5) is 0 Å². The van der Waals surface area contributed by atoms with E-state index in [2.05, 4.69) is 0 Å². The lowest BCUT2D eigenvalue weighted by Crippen LogP contribution is -2.12. The van der Waals surface area contributed by atoms with Crippen LogP contribution in [-0.2, 0) is 20.7 Å². The molecule has 3 aromatic rings. The highest BCUT2D eigenvalue weighted by atomic mass is 32.1. The molecule has 0 atom stereocenters. The van der Waals surface area contributed by atoms with E-state index in [1.807, 2.05) is 48.7 Å². The Morgan fingerprint density at radius 1 is 1.05 bits per heavy atom. The molecular formula is C29H28N2O7S. The minimum absolute atomic E-state index is 0.0699. The van der Waals surface area contributed by atoms with Crippen molar-refractivity contribution < 1.29 is 33.3 Å². The number of hydrogen-bond acceptors (Lipinski definition) is 9. The standard InChI is InChI=1S/C29H28N2O7S/c1-6-35-28(33)26-17(4)27(29(34)36-7-2)39-25(26)13-22(32)20(14-30)11-19-10-16(3)31(18(19)5)21-8-9-23-24(12-21)38-15-37-23/h8-12H,6-7,13,15H2,1-5H3/b20-11-. The normalized spacial score (nSPS) is 12.3. The van der Waals surface area contributed by atoms with Crippen LogP contribution in [0, 0.1) is 32.1 Å². The number of nitriles is 1. The molecule has 0 saturated heterocycles. The third kappa shape index (κ3) is 5.45. The third-order valence-electron chi connectivity index (χ3n) is 6.29. The Kier molecular flexibility index (Phi) is 8.21. The molecule has 3 heterocycles. The number of nitrogens with zero attached hydrogens (tertiary/aromatic N) is 2. The molecule has 0 aliphatic carbocycles. The maximum atomic E-state index is 13.3. The first-order valence-electron chi connectivity index (χ1n) is 12.4. The lowest BCUT2D eigenvalue weighted by molar-refractivity contribution is -0.114. The number of ether oxygens (including phenoxy) is 4. The number of rotatable bonds is 9. The molecule has 0 bridgehead atoms. The fraction of sp³-hybridized carbons (Fsp3) is 0.310. The van der Waals surface area contributed by atoms with Gasteiger partial charge in [-0.2, -0.15) is 5.26 Å². The van der Waals surface area contributed by atoms with E-state index in [9.17, 15) is 19.6 Å². The number of thiophene rings is 1. The van der Waals surface area contributed by atoms with E-state index in [1.54, 1.807) is 26.8 Å². The molecule has 4 rings (SSSR count). The maximum Gasteiger partial charge on any atom is 0.348 e. The predicted octanol–water partition coefficient (Wildman–Crippen LogP) is 5.26. The molecular weight excluding hydrogens is 520 g/mol. The van der Waals surface area contributed by atoms with E-state index in [-0.39, 0.29) is 42.4 Å². The van der Waals surface area contributed by atoms with Crippen LogP contribution in [0.25, 0.3) is 11.8 Å². The molecule has 1 aliphatic rings. The molecule has 0 saturated carbocycles. The van der Waals surface area contributed by atoms with Gasteiger partial charge in [-0.15, -0.1) is 11.3 Å². The molecule has 0 fully saturated rings. The second-order valence-corrected chi connectivity index (χ2v) is 9.87. The van der Waals surface area contributed by atoms with Crippen molar-refractivity contribution in [2.75, 3.05) is 20.0 Å². The molecule has 0 radical (unpaired) electrons. The summed E-state index contributed by atoms with van der Waals surface area (Å²) in [5.74, 6) is -0.352. The van der Waals surface area contributed by atoms with Gasteiger partial charge in [0.25, 0.3) is 0 Å². The monoisotopic (exact) mass is 548 g/mol. The largest absolute Gasteiger partial charge is 0.462 e. The fourth-order valence-corrected chi connectivity index (χ4v) is 5.67. The Balaban J connectivity index is 1.67. The van der Waals surface area contributed by atoms with Gasteiger partial charge < -0.3 is 23.5 Å². The van der Waals surface area contributed by atoms with Gasteiger partial charge in [0.2, 0.25) is 6.79 Å². The van der Waals surface area contributed by atoms with Crippen molar-refractivity contribution in [3.63, 3.8) is 0 Å². The summed E-state index contributed by atoms with van der Waals surface area (Å²) < 4.78 is 23.2. The smallest absolute Gasteiger partial charge is 0.348 e. The number of allylic oxidation sites excluding steroid dienone is 1. The average molecular weight is 549 g/mol. The molecule has 9 nitrogen and oxygen atoms in total.